The minimum Gasteiger partial charge on any atom is -0.356 e. The van der Waals surface area contributed by atoms with Crippen molar-refractivity contribution in [2.24, 2.45) is 11.8 Å². The largest absolute Gasteiger partial charge is 0.356 e. The second-order valence-electron chi connectivity index (χ2n) is 6.43. The van der Waals surface area contributed by atoms with Gasteiger partial charge in [0.15, 0.2) is 0 Å². The van der Waals surface area contributed by atoms with Crippen molar-refractivity contribution in [3.05, 3.63) is 0 Å². The fourth-order valence-electron chi connectivity index (χ4n) is 3.26. The number of nitrogens with one attached hydrogen (secondary N) is 2. The first-order valence-electron chi connectivity index (χ1n) is 7.88. The number of hydrogen-bond acceptors (Lipinski definition) is 3. The molecule has 0 aliphatic carbocycles. The van der Waals surface area contributed by atoms with Crippen LogP contribution in [0.25, 0.3) is 0 Å². The standard InChI is InChI=1S/C15H29N3O/c1-12(11-18-7-3-4-8-18)10-17-15(19)14-5-6-16-13(2)9-14/h12-14,16H,3-11H2,1-2H3,(H,17,19). The topological polar surface area (TPSA) is 44.4 Å². The van der Waals surface area contributed by atoms with E-state index < -0.39 is 0 Å². The second kappa shape index (κ2) is 7.25. The number of nitrogens with zero attached hydrogens (tertiary/aromatic N) is 1. The molecule has 4 nitrogen and oxygen atoms in total. The third kappa shape index (κ3) is 4.77. The summed E-state index contributed by atoms with van der Waals surface area (Å²) in [5.41, 5.74) is 0. The second-order valence-corrected chi connectivity index (χ2v) is 6.43. The molecule has 2 saturated heterocycles. The summed E-state index contributed by atoms with van der Waals surface area (Å²) in [7, 11) is 0. The van der Waals surface area contributed by atoms with E-state index in [4.69, 9.17) is 0 Å². The molecule has 1 amide bonds. The van der Waals surface area contributed by atoms with Crippen molar-refractivity contribution < 1.29 is 4.79 Å². The maximum absolute atomic E-state index is 12.1. The van der Waals surface area contributed by atoms with Crippen molar-refractivity contribution in [3.63, 3.8) is 0 Å². The van der Waals surface area contributed by atoms with Gasteiger partial charge in [0.2, 0.25) is 5.91 Å². The Hall–Kier alpha value is -0.610. The zero-order valence-corrected chi connectivity index (χ0v) is 12.5. The van der Waals surface area contributed by atoms with Gasteiger partial charge in [-0.3, -0.25) is 4.79 Å². The summed E-state index contributed by atoms with van der Waals surface area (Å²) in [6.07, 6.45) is 4.64. The van der Waals surface area contributed by atoms with Gasteiger partial charge < -0.3 is 15.5 Å². The molecule has 3 unspecified atom stereocenters. The molecule has 110 valence electrons. The number of carbonyl (C=O) groups excluding carboxylic acids is 1. The average molecular weight is 267 g/mol. The first-order valence-corrected chi connectivity index (χ1v) is 7.88. The van der Waals surface area contributed by atoms with Crippen LogP contribution in [0.4, 0.5) is 0 Å². The van der Waals surface area contributed by atoms with Crippen molar-refractivity contribution >= 4 is 5.91 Å². The van der Waals surface area contributed by atoms with E-state index in [1.807, 2.05) is 0 Å². The monoisotopic (exact) mass is 267 g/mol. The van der Waals surface area contributed by atoms with Gasteiger partial charge in [-0.15, -0.1) is 0 Å². The predicted molar refractivity (Wildman–Crippen MR) is 78.0 cm³/mol. The third-order valence-corrected chi connectivity index (χ3v) is 4.39. The minimum atomic E-state index is 0.218. The van der Waals surface area contributed by atoms with Crippen LogP contribution in [0.2, 0.25) is 0 Å². The highest BCUT2D eigenvalue weighted by atomic mass is 16.1. The molecule has 0 bridgehead atoms. The lowest BCUT2D eigenvalue weighted by molar-refractivity contribution is -0.126. The fourth-order valence-corrected chi connectivity index (χ4v) is 3.26. The normalized spacial score (nSPS) is 30.2. The Kier molecular flexibility index (Phi) is 5.64. The summed E-state index contributed by atoms with van der Waals surface area (Å²) in [5, 5.41) is 6.55. The Morgan fingerprint density at radius 1 is 1.42 bits per heavy atom. The Morgan fingerprint density at radius 3 is 2.84 bits per heavy atom. The van der Waals surface area contributed by atoms with Crippen molar-refractivity contribution in [1.82, 2.24) is 15.5 Å². The molecule has 0 aromatic heterocycles. The van der Waals surface area contributed by atoms with Gasteiger partial charge in [-0.25, -0.2) is 0 Å². The number of amides is 1. The number of likely N-dealkylation sites (tertiary alicyclic amines) is 1. The zero-order chi connectivity index (χ0) is 13.7. The van der Waals surface area contributed by atoms with E-state index in [9.17, 15) is 4.79 Å². The highest BCUT2D eigenvalue weighted by molar-refractivity contribution is 5.78. The smallest absolute Gasteiger partial charge is 0.223 e. The molecule has 0 radical (unpaired) electrons. The van der Waals surface area contributed by atoms with Gasteiger partial charge in [-0.05, 0) is 58.2 Å². The summed E-state index contributed by atoms with van der Waals surface area (Å²) in [4.78, 5) is 14.7. The number of rotatable bonds is 5. The molecule has 4 heteroatoms. The quantitative estimate of drug-likeness (QED) is 0.787. The van der Waals surface area contributed by atoms with Crippen LogP contribution in [0.15, 0.2) is 0 Å². The Bertz CT molecular complexity index is 289. The van der Waals surface area contributed by atoms with Crippen molar-refractivity contribution in [3.8, 4) is 0 Å². The first kappa shape index (κ1) is 14.8. The number of piperidine rings is 1. The molecule has 0 saturated carbocycles. The van der Waals surface area contributed by atoms with Gasteiger partial charge in [0.25, 0.3) is 0 Å². The number of hydrogen-bond donors (Lipinski definition) is 2. The lowest BCUT2D eigenvalue weighted by Gasteiger charge is -2.28. The van der Waals surface area contributed by atoms with Gasteiger partial charge in [0, 0.05) is 25.0 Å². The molecular weight excluding hydrogens is 238 g/mol. The van der Waals surface area contributed by atoms with E-state index in [1.165, 1.54) is 25.9 Å². The van der Waals surface area contributed by atoms with E-state index in [0.29, 0.717) is 12.0 Å². The van der Waals surface area contributed by atoms with E-state index in [-0.39, 0.29) is 11.8 Å². The molecule has 0 spiro atoms. The van der Waals surface area contributed by atoms with E-state index in [1.54, 1.807) is 0 Å². The van der Waals surface area contributed by atoms with Gasteiger partial charge in [0.1, 0.15) is 0 Å². The molecule has 2 N–H and O–H groups in total. The molecule has 0 aromatic rings. The lowest BCUT2D eigenvalue weighted by Crippen LogP contribution is -2.44. The molecule has 19 heavy (non-hydrogen) atoms. The zero-order valence-electron chi connectivity index (χ0n) is 12.5. The van der Waals surface area contributed by atoms with Crippen LogP contribution in [0.5, 0.6) is 0 Å². The molecular formula is C15H29N3O. The fraction of sp³-hybridized carbons (Fsp3) is 0.933. The van der Waals surface area contributed by atoms with E-state index in [0.717, 1.165) is 32.5 Å². The van der Waals surface area contributed by atoms with Crippen LogP contribution in [0, 0.1) is 11.8 Å². The summed E-state index contributed by atoms with van der Waals surface area (Å²) >= 11 is 0. The van der Waals surface area contributed by atoms with E-state index in [2.05, 4.69) is 29.4 Å². The molecule has 3 atom stereocenters. The third-order valence-electron chi connectivity index (χ3n) is 4.39. The lowest BCUT2D eigenvalue weighted by atomic mass is 9.92. The maximum atomic E-state index is 12.1. The first-order chi connectivity index (χ1) is 9.15. The highest BCUT2D eigenvalue weighted by Gasteiger charge is 2.24. The van der Waals surface area contributed by atoms with Gasteiger partial charge in [-0.1, -0.05) is 6.92 Å². The maximum Gasteiger partial charge on any atom is 0.223 e. The van der Waals surface area contributed by atoms with Crippen LogP contribution in [-0.2, 0) is 4.79 Å². The number of carbonyl (C=O) groups is 1. The molecule has 2 fully saturated rings. The van der Waals surface area contributed by atoms with E-state index >= 15 is 0 Å². The highest BCUT2D eigenvalue weighted by Crippen LogP contribution is 2.16. The summed E-state index contributed by atoms with van der Waals surface area (Å²) in [6, 6.07) is 0.478. The Morgan fingerprint density at radius 2 is 2.16 bits per heavy atom. The van der Waals surface area contributed by atoms with Crippen LogP contribution in [-0.4, -0.2) is 49.6 Å². The van der Waals surface area contributed by atoms with Crippen molar-refractivity contribution in [2.75, 3.05) is 32.7 Å². The SMILES string of the molecule is CC(CNC(=O)C1CCNC(C)C1)CN1CCCC1. The van der Waals surface area contributed by atoms with Gasteiger partial charge in [-0.2, -0.15) is 0 Å². The average Bonchev–Trinajstić information content (AvgIpc) is 2.88. The van der Waals surface area contributed by atoms with Crippen LogP contribution < -0.4 is 10.6 Å². The minimum absolute atomic E-state index is 0.218. The molecule has 2 aliphatic rings. The van der Waals surface area contributed by atoms with Crippen LogP contribution in [0.1, 0.15) is 39.5 Å². The summed E-state index contributed by atoms with van der Waals surface area (Å²) < 4.78 is 0. The predicted octanol–water partition coefficient (Wildman–Crippen LogP) is 1.22. The summed E-state index contributed by atoms with van der Waals surface area (Å²) in [5.74, 6) is 1.04. The Labute approximate surface area is 117 Å². The molecule has 0 aromatic carbocycles. The molecule has 2 rings (SSSR count). The molecule has 2 aliphatic heterocycles. The van der Waals surface area contributed by atoms with Crippen LogP contribution >= 0.6 is 0 Å². The van der Waals surface area contributed by atoms with Gasteiger partial charge in [0.05, 0.1) is 0 Å². The van der Waals surface area contributed by atoms with Gasteiger partial charge >= 0.3 is 0 Å². The van der Waals surface area contributed by atoms with Crippen molar-refractivity contribution in [2.45, 2.75) is 45.6 Å². The molecule has 2 heterocycles. The summed E-state index contributed by atoms with van der Waals surface area (Å²) in [6.45, 7) is 9.81. The van der Waals surface area contributed by atoms with Crippen LogP contribution in [0.3, 0.4) is 0 Å². The van der Waals surface area contributed by atoms with Crippen molar-refractivity contribution in [1.29, 1.82) is 0 Å². The Balaban J connectivity index is 1.64.